The van der Waals surface area contributed by atoms with Crippen LogP contribution in [-0.4, -0.2) is 11.0 Å². The van der Waals surface area contributed by atoms with E-state index in [-0.39, 0.29) is 10.4 Å². The predicted molar refractivity (Wildman–Crippen MR) is 54.8 cm³/mol. The Morgan fingerprint density at radius 2 is 2.00 bits per heavy atom. The van der Waals surface area contributed by atoms with Crippen LogP contribution in [0, 0.1) is 0 Å². The van der Waals surface area contributed by atoms with Gasteiger partial charge in [-0.25, -0.2) is 0 Å². The largest absolute Gasteiger partial charge is 0.416 e. The van der Waals surface area contributed by atoms with Gasteiger partial charge in [0.1, 0.15) is 0 Å². The molecule has 0 saturated heterocycles. The van der Waals surface area contributed by atoms with Gasteiger partial charge in [0.05, 0.1) is 17.5 Å². The number of rotatable bonds is 2. The molecular weight excluding hydrogens is 296 g/mol. The zero-order valence-electron chi connectivity index (χ0n) is 7.35. The SMILES string of the molecule is OC(CCl)c1ccc(C(F)(F)F)cc1Br. The fraction of sp³-hybridized carbons (Fsp3) is 0.333. The summed E-state index contributed by atoms with van der Waals surface area (Å²) in [6, 6.07) is 3.04. The molecule has 0 amide bonds. The van der Waals surface area contributed by atoms with E-state index in [1.165, 1.54) is 6.07 Å². The molecule has 1 N–H and O–H groups in total. The molecule has 0 saturated carbocycles. The van der Waals surface area contributed by atoms with Gasteiger partial charge in [0.2, 0.25) is 0 Å². The second-order valence-corrected chi connectivity index (χ2v) is 4.07. The molecule has 0 aliphatic carbocycles. The summed E-state index contributed by atoms with van der Waals surface area (Å²) < 4.78 is 37.0. The van der Waals surface area contributed by atoms with Gasteiger partial charge in [0.25, 0.3) is 0 Å². The topological polar surface area (TPSA) is 20.2 Å². The molecule has 1 aromatic carbocycles. The maximum atomic E-state index is 12.3. The quantitative estimate of drug-likeness (QED) is 0.825. The molecule has 0 aromatic heterocycles. The average molecular weight is 304 g/mol. The number of aliphatic hydroxyl groups is 1. The maximum absolute atomic E-state index is 12.3. The number of aliphatic hydroxyl groups excluding tert-OH is 1. The van der Waals surface area contributed by atoms with Gasteiger partial charge in [-0.2, -0.15) is 13.2 Å². The molecule has 15 heavy (non-hydrogen) atoms. The van der Waals surface area contributed by atoms with Gasteiger partial charge in [-0.15, -0.1) is 11.6 Å². The van der Waals surface area contributed by atoms with Gasteiger partial charge in [0, 0.05) is 4.47 Å². The highest BCUT2D eigenvalue weighted by Gasteiger charge is 2.31. The van der Waals surface area contributed by atoms with E-state index in [2.05, 4.69) is 15.9 Å². The predicted octanol–water partition coefficient (Wildman–Crippen LogP) is 3.74. The van der Waals surface area contributed by atoms with Crippen molar-refractivity contribution < 1.29 is 18.3 Å². The van der Waals surface area contributed by atoms with Crippen LogP contribution in [0.1, 0.15) is 17.2 Å². The first-order chi connectivity index (χ1) is 6.86. The maximum Gasteiger partial charge on any atom is 0.416 e. The Morgan fingerprint density at radius 3 is 2.40 bits per heavy atom. The van der Waals surface area contributed by atoms with Crippen molar-refractivity contribution in [2.45, 2.75) is 12.3 Å². The molecule has 84 valence electrons. The summed E-state index contributed by atoms with van der Waals surface area (Å²) in [7, 11) is 0. The second-order valence-electron chi connectivity index (χ2n) is 2.90. The van der Waals surface area contributed by atoms with E-state index in [1.54, 1.807) is 0 Å². The third-order valence-corrected chi connectivity index (χ3v) is 2.81. The fourth-order valence-electron chi connectivity index (χ4n) is 1.06. The highest BCUT2D eigenvalue weighted by molar-refractivity contribution is 9.10. The van der Waals surface area contributed by atoms with Crippen LogP contribution in [0.5, 0.6) is 0 Å². The van der Waals surface area contributed by atoms with Crippen molar-refractivity contribution in [1.29, 1.82) is 0 Å². The number of hydrogen-bond acceptors (Lipinski definition) is 1. The Balaban J connectivity index is 3.09. The zero-order chi connectivity index (χ0) is 11.6. The molecule has 0 heterocycles. The zero-order valence-corrected chi connectivity index (χ0v) is 9.70. The Kier molecular flexibility index (Phi) is 4.03. The van der Waals surface area contributed by atoms with Crippen LogP contribution in [-0.2, 0) is 6.18 Å². The van der Waals surface area contributed by atoms with E-state index in [4.69, 9.17) is 11.6 Å². The molecule has 0 bridgehead atoms. The molecular formula is C9H7BrClF3O. The van der Waals surface area contributed by atoms with Gasteiger partial charge < -0.3 is 5.11 Å². The molecule has 0 fully saturated rings. The highest BCUT2D eigenvalue weighted by Crippen LogP contribution is 2.34. The van der Waals surface area contributed by atoms with Gasteiger partial charge >= 0.3 is 6.18 Å². The first-order valence-corrected chi connectivity index (χ1v) is 5.29. The lowest BCUT2D eigenvalue weighted by Crippen LogP contribution is -2.07. The number of hydrogen-bond donors (Lipinski definition) is 1. The Morgan fingerprint density at radius 1 is 1.40 bits per heavy atom. The van der Waals surface area contributed by atoms with Crippen LogP contribution in [0.15, 0.2) is 22.7 Å². The van der Waals surface area contributed by atoms with Crippen molar-refractivity contribution in [2.24, 2.45) is 0 Å². The first kappa shape index (κ1) is 12.8. The van der Waals surface area contributed by atoms with Crippen molar-refractivity contribution in [2.75, 3.05) is 5.88 Å². The van der Waals surface area contributed by atoms with E-state index in [0.29, 0.717) is 5.56 Å². The van der Waals surface area contributed by atoms with Crippen LogP contribution in [0.25, 0.3) is 0 Å². The van der Waals surface area contributed by atoms with Gasteiger partial charge in [-0.1, -0.05) is 22.0 Å². The molecule has 1 unspecified atom stereocenters. The first-order valence-electron chi connectivity index (χ1n) is 3.97. The Labute approximate surface area is 98.0 Å². The number of halogens is 5. The van der Waals surface area contributed by atoms with Crippen molar-refractivity contribution in [3.63, 3.8) is 0 Å². The van der Waals surface area contributed by atoms with Crippen LogP contribution in [0.3, 0.4) is 0 Å². The summed E-state index contributed by atoms with van der Waals surface area (Å²) >= 11 is 8.36. The summed E-state index contributed by atoms with van der Waals surface area (Å²) in [5.74, 6) is -0.0655. The number of benzene rings is 1. The summed E-state index contributed by atoms with van der Waals surface area (Å²) in [4.78, 5) is 0. The van der Waals surface area contributed by atoms with Gasteiger partial charge in [0.15, 0.2) is 0 Å². The lowest BCUT2D eigenvalue weighted by Gasteiger charge is -2.12. The molecule has 1 nitrogen and oxygen atoms in total. The summed E-state index contributed by atoms with van der Waals surface area (Å²) in [5, 5.41) is 9.36. The van der Waals surface area contributed by atoms with Crippen LogP contribution >= 0.6 is 27.5 Å². The van der Waals surface area contributed by atoms with E-state index >= 15 is 0 Å². The van der Waals surface area contributed by atoms with Crippen molar-refractivity contribution in [3.05, 3.63) is 33.8 Å². The standard InChI is InChI=1S/C9H7BrClF3O/c10-7-3-5(9(12,13)14)1-2-6(7)8(15)4-11/h1-3,8,15H,4H2. The third kappa shape index (κ3) is 3.09. The Hall–Kier alpha value is -0.260. The van der Waals surface area contributed by atoms with E-state index in [0.717, 1.165) is 12.1 Å². The van der Waals surface area contributed by atoms with Crippen LogP contribution in [0.4, 0.5) is 13.2 Å². The summed E-state index contributed by atoms with van der Waals surface area (Å²) in [6.45, 7) is 0. The van der Waals surface area contributed by atoms with Crippen molar-refractivity contribution in [3.8, 4) is 0 Å². The molecule has 1 rings (SSSR count). The molecule has 0 spiro atoms. The molecule has 0 aliphatic rings. The second kappa shape index (κ2) is 4.72. The monoisotopic (exact) mass is 302 g/mol. The van der Waals surface area contributed by atoms with Crippen molar-refractivity contribution in [1.82, 2.24) is 0 Å². The van der Waals surface area contributed by atoms with Crippen LogP contribution < -0.4 is 0 Å². The van der Waals surface area contributed by atoms with Gasteiger partial charge in [-0.3, -0.25) is 0 Å². The van der Waals surface area contributed by atoms with Gasteiger partial charge in [-0.05, 0) is 17.7 Å². The summed E-state index contributed by atoms with van der Waals surface area (Å²) in [6.07, 6.45) is -5.35. The lowest BCUT2D eigenvalue weighted by molar-refractivity contribution is -0.137. The lowest BCUT2D eigenvalue weighted by atomic mass is 10.1. The average Bonchev–Trinajstić information content (AvgIpc) is 2.15. The summed E-state index contributed by atoms with van der Waals surface area (Å²) in [5.41, 5.74) is -0.419. The Bertz CT molecular complexity index is 354. The minimum Gasteiger partial charge on any atom is -0.387 e. The highest BCUT2D eigenvalue weighted by atomic mass is 79.9. The fourth-order valence-corrected chi connectivity index (χ4v) is 1.87. The normalized spacial score (nSPS) is 14.0. The number of alkyl halides is 4. The molecule has 1 aromatic rings. The molecule has 0 radical (unpaired) electrons. The smallest absolute Gasteiger partial charge is 0.387 e. The minimum absolute atomic E-state index is 0.0655. The van der Waals surface area contributed by atoms with E-state index in [1.807, 2.05) is 0 Å². The molecule has 6 heteroatoms. The molecule has 0 aliphatic heterocycles. The van der Waals surface area contributed by atoms with E-state index in [9.17, 15) is 18.3 Å². The van der Waals surface area contributed by atoms with Crippen LogP contribution in [0.2, 0.25) is 0 Å². The molecule has 1 atom stereocenters. The third-order valence-electron chi connectivity index (χ3n) is 1.83. The van der Waals surface area contributed by atoms with Crippen molar-refractivity contribution >= 4 is 27.5 Å². The van der Waals surface area contributed by atoms with E-state index < -0.39 is 17.8 Å². The minimum atomic E-state index is -4.38.